The van der Waals surface area contributed by atoms with Crippen molar-refractivity contribution < 1.29 is 19.1 Å². The predicted octanol–water partition coefficient (Wildman–Crippen LogP) is 4.16. The fourth-order valence-electron chi connectivity index (χ4n) is 3.76. The van der Waals surface area contributed by atoms with E-state index in [4.69, 9.17) is 11.2 Å². The fourth-order valence-corrected chi connectivity index (χ4v) is 3.76. The second-order valence-corrected chi connectivity index (χ2v) is 10.6. The van der Waals surface area contributed by atoms with E-state index in [0.717, 1.165) is 12.8 Å². The van der Waals surface area contributed by atoms with Crippen molar-refractivity contribution in [2.75, 3.05) is 0 Å². The molecule has 0 heterocycles. The normalized spacial score (nSPS) is 15.3. The molecule has 0 saturated heterocycles. The van der Waals surface area contributed by atoms with Crippen LogP contribution in [0.2, 0.25) is 0 Å². The van der Waals surface area contributed by atoms with Crippen LogP contribution in [0.5, 0.6) is 0 Å². The molecule has 1 aliphatic rings. The summed E-state index contributed by atoms with van der Waals surface area (Å²) >= 11 is 0. The number of carbonyl (C=O) groups is 3. The Balaban J connectivity index is 2.44. The number of alkyl carbamates (subject to hydrolysis) is 1. The van der Waals surface area contributed by atoms with Crippen molar-refractivity contribution >= 4 is 17.9 Å². The van der Waals surface area contributed by atoms with Crippen molar-refractivity contribution in [3.63, 3.8) is 0 Å². The molecule has 7 nitrogen and oxygen atoms in total. The Hall–Kier alpha value is -3.01. The number of benzene rings is 1. The first-order chi connectivity index (χ1) is 15.8. The third-order valence-corrected chi connectivity index (χ3v) is 5.24. The molecule has 1 aliphatic carbocycles. The SMILES string of the molecule is C#Cc1ccc(C(C(=O)NC(C)C)N(C(=O)C(CC(C)C)NC(=O)OC(C)(C)C)C2CC2)cc1. The second-order valence-electron chi connectivity index (χ2n) is 10.6. The number of ether oxygens (including phenoxy) is 1. The highest BCUT2D eigenvalue weighted by molar-refractivity contribution is 5.92. The molecule has 0 aromatic heterocycles. The van der Waals surface area contributed by atoms with E-state index in [-0.39, 0.29) is 29.8 Å². The van der Waals surface area contributed by atoms with Crippen LogP contribution in [0.25, 0.3) is 0 Å². The van der Waals surface area contributed by atoms with Gasteiger partial charge in [0.1, 0.15) is 17.7 Å². The van der Waals surface area contributed by atoms with Gasteiger partial charge in [-0.15, -0.1) is 6.42 Å². The number of nitrogens with zero attached hydrogens (tertiary/aromatic N) is 1. The Morgan fingerprint density at radius 3 is 2.12 bits per heavy atom. The van der Waals surface area contributed by atoms with Crippen LogP contribution in [0.1, 0.15) is 84.9 Å². The van der Waals surface area contributed by atoms with Gasteiger partial charge in [-0.3, -0.25) is 9.59 Å². The van der Waals surface area contributed by atoms with Crippen LogP contribution < -0.4 is 10.6 Å². The van der Waals surface area contributed by atoms with Gasteiger partial charge >= 0.3 is 6.09 Å². The number of hydrogen-bond acceptors (Lipinski definition) is 4. The van der Waals surface area contributed by atoms with Gasteiger partial charge in [0.2, 0.25) is 11.8 Å². The molecule has 0 spiro atoms. The van der Waals surface area contributed by atoms with Gasteiger partial charge in [0.15, 0.2) is 0 Å². The molecule has 3 amide bonds. The van der Waals surface area contributed by atoms with Crippen LogP contribution in [0.3, 0.4) is 0 Å². The zero-order valence-electron chi connectivity index (χ0n) is 21.5. The average molecular weight is 470 g/mol. The maximum Gasteiger partial charge on any atom is 0.408 e. The number of rotatable bonds is 9. The number of carbonyl (C=O) groups excluding carboxylic acids is 3. The van der Waals surface area contributed by atoms with Crippen LogP contribution in [0.15, 0.2) is 24.3 Å². The van der Waals surface area contributed by atoms with Crippen molar-refractivity contribution in [1.82, 2.24) is 15.5 Å². The summed E-state index contributed by atoms with van der Waals surface area (Å²) in [5.74, 6) is 2.18. The van der Waals surface area contributed by atoms with E-state index in [9.17, 15) is 14.4 Å². The molecule has 2 atom stereocenters. The van der Waals surface area contributed by atoms with Crippen LogP contribution in [-0.4, -0.2) is 46.5 Å². The Labute approximate surface area is 204 Å². The third-order valence-electron chi connectivity index (χ3n) is 5.24. The summed E-state index contributed by atoms with van der Waals surface area (Å²) in [6, 6.07) is 5.32. The van der Waals surface area contributed by atoms with Crippen LogP contribution in [0, 0.1) is 18.3 Å². The van der Waals surface area contributed by atoms with Crippen LogP contribution >= 0.6 is 0 Å². The highest BCUT2D eigenvalue weighted by Gasteiger charge is 2.44. The fraction of sp³-hybridized carbons (Fsp3) is 0.593. The van der Waals surface area contributed by atoms with Gasteiger partial charge in [0.25, 0.3) is 0 Å². The first-order valence-corrected chi connectivity index (χ1v) is 12.0. The minimum atomic E-state index is -0.829. The van der Waals surface area contributed by atoms with E-state index < -0.39 is 23.8 Å². The van der Waals surface area contributed by atoms with E-state index in [2.05, 4.69) is 16.6 Å². The molecule has 1 aromatic carbocycles. The zero-order valence-corrected chi connectivity index (χ0v) is 21.5. The highest BCUT2D eigenvalue weighted by Crippen LogP contribution is 2.36. The molecular weight excluding hydrogens is 430 g/mol. The molecule has 1 saturated carbocycles. The summed E-state index contributed by atoms with van der Waals surface area (Å²) in [7, 11) is 0. The summed E-state index contributed by atoms with van der Waals surface area (Å²) in [6.45, 7) is 13.0. The summed E-state index contributed by atoms with van der Waals surface area (Å²) in [4.78, 5) is 41.5. The lowest BCUT2D eigenvalue weighted by molar-refractivity contribution is -0.143. The summed E-state index contributed by atoms with van der Waals surface area (Å²) in [5.41, 5.74) is 0.683. The molecule has 0 aliphatic heterocycles. The maximum absolute atomic E-state index is 13.9. The van der Waals surface area contributed by atoms with Gasteiger partial charge in [-0.1, -0.05) is 31.9 Å². The van der Waals surface area contributed by atoms with Gasteiger partial charge in [0, 0.05) is 17.6 Å². The minimum absolute atomic E-state index is 0.0715. The topological polar surface area (TPSA) is 87.7 Å². The van der Waals surface area contributed by atoms with Crippen molar-refractivity contribution in [2.45, 2.75) is 97.5 Å². The average Bonchev–Trinajstić information content (AvgIpc) is 3.53. The van der Waals surface area contributed by atoms with E-state index in [1.807, 2.05) is 27.7 Å². The van der Waals surface area contributed by atoms with Gasteiger partial charge in [0.05, 0.1) is 0 Å². The predicted molar refractivity (Wildman–Crippen MR) is 133 cm³/mol. The molecule has 1 aromatic rings. The van der Waals surface area contributed by atoms with Gasteiger partial charge in [-0.05, 0) is 77.5 Å². The molecule has 2 rings (SSSR count). The number of amides is 3. The summed E-state index contributed by atoms with van der Waals surface area (Å²) in [5, 5.41) is 5.72. The number of hydrogen-bond donors (Lipinski definition) is 2. The summed E-state index contributed by atoms with van der Waals surface area (Å²) < 4.78 is 5.41. The lowest BCUT2D eigenvalue weighted by atomic mass is 9.98. The van der Waals surface area contributed by atoms with Crippen molar-refractivity contribution in [3.05, 3.63) is 35.4 Å². The van der Waals surface area contributed by atoms with Gasteiger partial charge in [-0.2, -0.15) is 0 Å². The molecule has 186 valence electrons. The standard InChI is InChI=1S/C27H39N3O4/c1-9-19-10-12-20(13-11-19)23(24(31)28-18(4)5)30(21-14-15-21)25(32)22(16-17(2)3)29-26(33)34-27(6,7)8/h1,10-13,17-18,21-23H,14-16H2,2-8H3,(H,28,31)(H,29,33). The molecule has 1 fully saturated rings. The first kappa shape index (κ1) is 27.2. The zero-order chi connectivity index (χ0) is 25.6. The Kier molecular flexibility index (Phi) is 9.14. The monoisotopic (exact) mass is 469 g/mol. The first-order valence-electron chi connectivity index (χ1n) is 12.0. The molecular formula is C27H39N3O4. The second kappa shape index (κ2) is 11.4. The molecule has 2 N–H and O–H groups in total. The minimum Gasteiger partial charge on any atom is -0.444 e. The van der Waals surface area contributed by atoms with E-state index in [0.29, 0.717) is 17.5 Å². The lowest BCUT2D eigenvalue weighted by Crippen LogP contribution is -2.54. The Bertz CT molecular complexity index is 905. The number of nitrogens with one attached hydrogen (secondary N) is 2. The van der Waals surface area contributed by atoms with Gasteiger partial charge in [-0.25, -0.2) is 4.79 Å². The largest absolute Gasteiger partial charge is 0.444 e. The smallest absolute Gasteiger partial charge is 0.408 e. The third kappa shape index (κ3) is 8.09. The maximum atomic E-state index is 13.9. The molecule has 2 unspecified atom stereocenters. The molecule has 7 heteroatoms. The van der Waals surface area contributed by atoms with Gasteiger partial charge < -0.3 is 20.3 Å². The van der Waals surface area contributed by atoms with Crippen molar-refractivity contribution in [1.29, 1.82) is 0 Å². The number of terminal acetylenes is 1. The molecule has 34 heavy (non-hydrogen) atoms. The lowest BCUT2D eigenvalue weighted by Gasteiger charge is -2.35. The molecule has 0 radical (unpaired) electrons. The van der Waals surface area contributed by atoms with E-state index in [1.165, 1.54) is 0 Å². The van der Waals surface area contributed by atoms with E-state index >= 15 is 0 Å². The highest BCUT2D eigenvalue weighted by atomic mass is 16.6. The molecule has 0 bridgehead atoms. The van der Waals surface area contributed by atoms with Crippen molar-refractivity contribution in [3.8, 4) is 12.3 Å². The Morgan fingerprint density at radius 1 is 1.09 bits per heavy atom. The quantitative estimate of drug-likeness (QED) is 0.532. The van der Waals surface area contributed by atoms with Crippen molar-refractivity contribution in [2.24, 2.45) is 5.92 Å². The van der Waals surface area contributed by atoms with E-state index in [1.54, 1.807) is 49.9 Å². The Morgan fingerprint density at radius 2 is 1.68 bits per heavy atom. The van der Waals surface area contributed by atoms with Crippen LogP contribution in [-0.2, 0) is 14.3 Å². The summed E-state index contributed by atoms with van der Waals surface area (Å²) in [6.07, 6.45) is 6.89. The van der Waals surface area contributed by atoms with Crippen LogP contribution in [0.4, 0.5) is 4.79 Å².